The Kier molecular flexibility index (Phi) is 3.64. The minimum Gasteiger partial charge on any atom is -0.369 e. The van der Waals surface area contributed by atoms with Crippen LogP contribution < -0.4 is 15.5 Å². The topological polar surface area (TPSA) is 73.4 Å². The Bertz CT molecular complexity index is 525. The number of carbonyl (C=O) groups excluding carboxylic acids is 1. The SMILES string of the molecule is CCNc1ncnc(N2CCN3C(=O)NCC3C2)c1Br. The maximum Gasteiger partial charge on any atom is 0.317 e. The predicted octanol–water partition coefficient (Wildman–Crippen LogP) is 0.885. The van der Waals surface area contributed by atoms with Gasteiger partial charge in [0.05, 0.1) is 6.04 Å². The Morgan fingerprint density at radius 2 is 2.35 bits per heavy atom. The van der Waals surface area contributed by atoms with Crippen molar-refractivity contribution in [1.82, 2.24) is 20.2 Å². The van der Waals surface area contributed by atoms with Gasteiger partial charge in [-0.2, -0.15) is 0 Å². The lowest BCUT2D eigenvalue weighted by Crippen LogP contribution is -2.52. The predicted molar refractivity (Wildman–Crippen MR) is 80.0 cm³/mol. The molecule has 2 N–H and O–H groups in total. The van der Waals surface area contributed by atoms with Crippen molar-refractivity contribution in [3.63, 3.8) is 0 Å². The molecule has 2 amide bonds. The van der Waals surface area contributed by atoms with Gasteiger partial charge in [0.1, 0.15) is 22.4 Å². The first-order valence-corrected chi connectivity index (χ1v) is 7.53. The zero-order valence-corrected chi connectivity index (χ0v) is 12.9. The number of carbonyl (C=O) groups is 1. The summed E-state index contributed by atoms with van der Waals surface area (Å²) in [5.41, 5.74) is 0. The highest BCUT2D eigenvalue weighted by atomic mass is 79.9. The number of urea groups is 1. The molecule has 2 fully saturated rings. The fourth-order valence-electron chi connectivity index (χ4n) is 2.67. The molecule has 3 rings (SSSR count). The fourth-order valence-corrected chi connectivity index (χ4v) is 3.26. The van der Waals surface area contributed by atoms with Crippen LogP contribution in [0.1, 0.15) is 6.92 Å². The van der Waals surface area contributed by atoms with Crippen molar-refractivity contribution in [3.05, 3.63) is 10.8 Å². The van der Waals surface area contributed by atoms with Gasteiger partial charge in [-0.1, -0.05) is 0 Å². The number of aromatic nitrogens is 2. The Hall–Kier alpha value is -1.57. The van der Waals surface area contributed by atoms with Crippen LogP contribution in [0.2, 0.25) is 0 Å². The van der Waals surface area contributed by atoms with Gasteiger partial charge in [0.25, 0.3) is 0 Å². The maximum atomic E-state index is 11.6. The average Bonchev–Trinajstić information content (AvgIpc) is 2.82. The van der Waals surface area contributed by atoms with Crippen LogP contribution in [0.4, 0.5) is 16.4 Å². The molecule has 1 aromatic rings. The zero-order valence-electron chi connectivity index (χ0n) is 11.3. The molecule has 0 bridgehead atoms. The highest BCUT2D eigenvalue weighted by Gasteiger charge is 2.36. The van der Waals surface area contributed by atoms with E-state index in [1.54, 1.807) is 6.33 Å². The van der Waals surface area contributed by atoms with Gasteiger partial charge in [-0.15, -0.1) is 0 Å². The number of anilines is 2. The number of halogens is 1. The largest absolute Gasteiger partial charge is 0.369 e. The van der Waals surface area contributed by atoms with Gasteiger partial charge in [-0.25, -0.2) is 14.8 Å². The number of rotatable bonds is 3. The smallest absolute Gasteiger partial charge is 0.317 e. The van der Waals surface area contributed by atoms with E-state index in [0.29, 0.717) is 6.54 Å². The molecule has 2 saturated heterocycles. The summed E-state index contributed by atoms with van der Waals surface area (Å²) in [6, 6.07) is 0.269. The maximum absolute atomic E-state index is 11.6. The summed E-state index contributed by atoms with van der Waals surface area (Å²) >= 11 is 3.58. The molecule has 0 aliphatic carbocycles. The molecular weight excluding hydrogens is 324 g/mol. The molecule has 8 heteroatoms. The lowest BCUT2D eigenvalue weighted by Gasteiger charge is -2.37. The lowest BCUT2D eigenvalue weighted by molar-refractivity contribution is 0.197. The number of hydrogen-bond acceptors (Lipinski definition) is 5. The molecule has 108 valence electrons. The molecule has 0 aromatic carbocycles. The van der Waals surface area contributed by atoms with E-state index in [4.69, 9.17) is 0 Å². The highest BCUT2D eigenvalue weighted by Crippen LogP contribution is 2.31. The van der Waals surface area contributed by atoms with Crippen molar-refractivity contribution < 1.29 is 4.79 Å². The molecule has 1 atom stereocenters. The summed E-state index contributed by atoms with van der Waals surface area (Å²) < 4.78 is 0.882. The van der Waals surface area contributed by atoms with E-state index >= 15 is 0 Å². The molecule has 0 radical (unpaired) electrons. The number of nitrogens with zero attached hydrogens (tertiary/aromatic N) is 4. The summed E-state index contributed by atoms with van der Waals surface area (Å²) in [7, 11) is 0. The van der Waals surface area contributed by atoms with Crippen LogP contribution in [0, 0.1) is 0 Å². The molecule has 1 aromatic heterocycles. The van der Waals surface area contributed by atoms with Crippen LogP contribution in [0.25, 0.3) is 0 Å². The van der Waals surface area contributed by atoms with Crippen LogP contribution in [-0.4, -0.2) is 59.7 Å². The Morgan fingerprint density at radius 1 is 1.50 bits per heavy atom. The van der Waals surface area contributed by atoms with Crippen molar-refractivity contribution in [3.8, 4) is 0 Å². The molecule has 0 saturated carbocycles. The minimum atomic E-state index is 0.0461. The van der Waals surface area contributed by atoms with Crippen molar-refractivity contribution in [2.24, 2.45) is 0 Å². The summed E-state index contributed by atoms with van der Waals surface area (Å²) in [5.74, 6) is 1.69. The van der Waals surface area contributed by atoms with E-state index in [0.717, 1.165) is 42.3 Å². The molecule has 2 aliphatic rings. The van der Waals surface area contributed by atoms with Crippen molar-refractivity contribution in [1.29, 1.82) is 0 Å². The lowest BCUT2D eigenvalue weighted by atomic mass is 10.2. The van der Waals surface area contributed by atoms with Crippen molar-refractivity contribution >= 4 is 33.6 Å². The number of hydrogen-bond donors (Lipinski definition) is 2. The van der Waals surface area contributed by atoms with Crippen LogP contribution in [0.5, 0.6) is 0 Å². The van der Waals surface area contributed by atoms with Gasteiger partial charge < -0.3 is 20.4 Å². The van der Waals surface area contributed by atoms with Crippen LogP contribution in [-0.2, 0) is 0 Å². The highest BCUT2D eigenvalue weighted by molar-refractivity contribution is 9.10. The second-order valence-electron chi connectivity index (χ2n) is 4.87. The van der Waals surface area contributed by atoms with E-state index in [2.05, 4.69) is 41.4 Å². The molecule has 7 nitrogen and oxygen atoms in total. The normalized spacial score (nSPS) is 21.7. The van der Waals surface area contributed by atoms with E-state index in [1.165, 1.54) is 0 Å². The van der Waals surface area contributed by atoms with Crippen LogP contribution in [0.3, 0.4) is 0 Å². The molecule has 1 unspecified atom stereocenters. The van der Waals surface area contributed by atoms with E-state index in [-0.39, 0.29) is 12.1 Å². The van der Waals surface area contributed by atoms with Crippen molar-refractivity contribution in [2.45, 2.75) is 13.0 Å². The fraction of sp³-hybridized carbons (Fsp3) is 0.583. The molecule has 2 aliphatic heterocycles. The first-order chi connectivity index (χ1) is 9.70. The van der Waals surface area contributed by atoms with Crippen molar-refractivity contribution in [2.75, 3.05) is 42.9 Å². The zero-order chi connectivity index (χ0) is 14.1. The van der Waals surface area contributed by atoms with Crippen LogP contribution >= 0.6 is 15.9 Å². The van der Waals surface area contributed by atoms with Gasteiger partial charge in [0.15, 0.2) is 0 Å². The summed E-state index contributed by atoms with van der Waals surface area (Å²) in [4.78, 5) is 24.3. The summed E-state index contributed by atoms with van der Waals surface area (Å²) in [5, 5.41) is 6.09. The third-order valence-electron chi connectivity index (χ3n) is 3.65. The summed E-state index contributed by atoms with van der Waals surface area (Å²) in [6.45, 7) is 5.85. The Balaban J connectivity index is 1.80. The third kappa shape index (κ3) is 2.28. The Labute approximate surface area is 125 Å². The molecule has 20 heavy (non-hydrogen) atoms. The van der Waals surface area contributed by atoms with E-state index in [9.17, 15) is 4.79 Å². The van der Waals surface area contributed by atoms with Gasteiger partial charge >= 0.3 is 6.03 Å². The average molecular weight is 341 g/mol. The van der Waals surface area contributed by atoms with E-state index in [1.807, 2.05) is 11.8 Å². The number of piperazine rings is 1. The second-order valence-corrected chi connectivity index (χ2v) is 5.66. The van der Waals surface area contributed by atoms with E-state index < -0.39 is 0 Å². The first-order valence-electron chi connectivity index (χ1n) is 6.74. The van der Waals surface area contributed by atoms with Gasteiger partial charge in [-0.3, -0.25) is 0 Å². The summed E-state index contributed by atoms with van der Waals surface area (Å²) in [6.07, 6.45) is 1.57. The molecule has 3 heterocycles. The Morgan fingerprint density at radius 3 is 3.15 bits per heavy atom. The quantitative estimate of drug-likeness (QED) is 0.854. The number of amides is 2. The monoisotopic (exact) mass is 340 g/mol. The van der Waals surface area contributed by atoms with Crippen LogP contribution in [0.15, 0.2) is 10.8 Å². The van der Waals surface area contributed by atoms with Gasteiger partial charge in [-0.05, 0) is 22.9 Å². The molecule has 0 spiro atoms. The van der Waals surface area contributed by atoms with Gasteiger partial charge in [0, 0.05) is 32.7 Å². The van der Waals surface area contributed by atoms with Gasteiger partial charge in [0.2, 0.25) is 0 Å². The second kappa shape index (κ2) is 5.43. The first kappa shape index (κ1) is 13.4. The standard InChI is InChI=1S/C12H17BrN6O/c1-2-14-10-9(13)11(17-7-16-10)18-3-4-19-8(6-18)5-15-12(19)20/h7-8H,2-6H2,1H3,(H,15,20)(H,14,16,17). The molecular formula is C12H17BrN6O. The number of fused-ring (bicyclic) bond motifs is 1. The number of nitrogens with one attached hydrogen (secondary N) is 2. The third-order valence-corrected chi connectivity index (χ3v) is 4.38. The minimum absolute atomic E-state index is 0.0461.